The van der Waals surface area contributed by atoms with Crippen molar-refractivity contribution < 1.29 is 18.3 Å². The Labute approximate surface area is 184 Å². The Bertz CT molecular complexity index is 1340. The standard InChI is InChI=1S/C25H25FN2O4/c1-3-4-16-11-24(30)32-22-10-15(2)9-21(25(16)22)31-14-23(29)27-8-7-17-13-28-20-6-5-18(26)12-19(17)20/h5-6,9-13,28H,3-4,7-8,14H2,1-2H3,(H,27,29). The highest BCUT2D eigenvalue weighted by Gasteiger charge is 2.14. The molecule has 32 heavy (non-hydrogen) atoms. The Morgan fingerprint density at radius 2 is 2.00 bits per heavy atom. The molecule has 1 amide bonds. The average Bonchev–Trinajstić information content (AvgIpc) is 3.13. The van der Waals surface area contributed by atoms with Gasteiger partial charge in [0.15, 0.2) is 6.61 Å². The number of H-pyrrole nitrogens is 1. The van der Waals surface area contributed by atoms with Gasteiger partial charge in [0.1, 0.15) is 17.1 Å². The fraction of sp³-hybridized carbons (Fsp3) is 0.280. The molecule has 4 aromatic rings. The number of hydrogen-bond acceptors (Lipinski definition) is 4. The molecule has 7 heteroatoms. The molecule has 0 saturated carbocycles. The van der Waals surface area contributed by atoms with Gasteiger partial charge in [-0.15, -0.1) is 0 Å². The van der Waals surface area contributed by atoms with Crippen LogP contribution in [-0.4, -0.2) is 24.0 Å². The lowest BCUT2D eigenvalue weighted by atomic mass is 10.0. The second-order valence-electron chi connectivity index (χ2n) is 7.87. The maximum absolute atomic E-state index is 13.5. The van der Waals surface area contributed by atoms with E-state index in [1.807, 2.05) is 26.1 Å². The second kappa shape index (κ2) is 9.26. The second-order valence-corrected chi connectivity index (χ2v) is 7.87. The largest absolute Gasteiger partial charge is 0.483 e. The molecule has 0 fully saturated rings. The minimum absolute atomic E-state index is 0.161. The van der Waals surface area contributed by atoms with Crippen molar-refractivity contribution in [2.24, 2.45) is 0 Å². The van der Waals surface area contributed by atoms with Crippen LogP contribution in [0.4, 0.5) is 4.39 Å². The summed E-state index contributed by atoms with van der Waals surface area (Å²) in [5.74, 6) is -0.0333. The zero-order valence-electron chi connectivity index (χ0n) is 18.1. The SMILES string of the molecule is CCCc1cc(=O)oc2cc(C)cc(OCC(=O)NCCc3c[nH]c4ccc(F)cc34)c12. The minimum Gasteiger partial charge on any atom is -0.483 e. The summed E-state index contributed by atoms with van der Waals surface area (Å²) in [6.45, 7) is 4.15. The van der Waals surface area contributed by atoms with Crippen molar-refractivity contribution in [3.63, 3.8) is 0 Å². The number of aryl methyl sites for hydroxylation is 2. The van der Waals surface area contributed by atoms with Crippen LogP contribution in [0.2, 0.25) is 0 Å². The van der Waals surface area contributed by atoms with Crippen LogP contribution in [0.1, 0.15) is 30.0 Å². The van der Waals surface area contributed by atoms with Crippen LogP contribution in [-0.2, 0) is 17.6 Å². The monoisotopic (exact) mass is 436 g/mol. The molecule has 2 heterocycles. The van der Waals surface area contributed by atoms with E-state index in [1.54, 1.807) is 12.1 Å². The summed E-state index contributed by atoms with van der Waals surface area (Å²) in [6, 6.07) is 9.72. The minimum atomic E-state index is -0.396. The van der Waals surface area contributed by atoms with Crippen LogP contribution in [0.15, 0.2) is 51.8 Å². The first kappa shape index (κ1) is 21.6. The van der Waals surface area contributed by atoms with Crippen molar-refractivity contribution in [2.45, 2.75) is 33.1 Å². The van der Waals surface area contributed by atoms with Gasteiger partial charge in [0.25, 0.3) is 5.91 Å². The third kappa shape index (κ3) is 4.66. The van der Waals surface area contributed by atoms with Crippen molar-refractivity contribution >= 4 is 27.8 Å². The van der Waals surface area contributed by atoms with E-state index in [2.05, 4.69) is 10.3 Å². The van der Waals surface area contributed by atoms with Gasteiger partial charge >= 0.3 is 5.63 Å². The van der Waals surface area contributed by atoms with Gasteiger partial charge in [0.05, 0.1) is 5.39 Å². The Kier molecular flexibility index (Phi) is 6.25. The predicted molar refractivity (Wildman–Crippen MR) is 122 cm³/mol. The zero-order chi connectivity index (χ0) is 22.7. The smallest absolute Gasteiger partial charge is 0.336 e. The number of halogens is 1. The Morgan fingerprint density at radius 1 is 1.16 bits per heavy atom. The number of fused-ring (bicyclic) bond motifs is 2. The molecule has 0 aliphatic rings. The first-order valence-corrected chi connectivity index (χ1v) is 10.7. The number of ether oxygens (including phenoxy) is 1. The molecule has 0 atom stereocenters. The van der Waals surface area contributed by atoms with E-state index >= 15 is 0 Å². The summed E-state index contributed by atoms with van der Waals surface area (Å²) >= 11 is 0. The maximum Gasteiger partial charge on any atom is 0.336 e. The first-order chi connectivity index (χ1) is 15.4. The third-order valence-electron chi connectivity index (χ3n) is 5.36. The van der Waals surface area contributed by atoms with Crippen LogP contribution < -0.4 is 15.7 Å². The quantitative estimate of drug-likeness (QED) is 0.401. The van der Waals surface area contributed by atoms with Crippen molar-refractivity contribution in [2.75, 3.05) is 13.2 Å². The lowest BCUT2D eigenvalue weighted by molar-refractivity contribution is -0.123. The van der Waals surface area contributed by atoms with Gasteiger partial charge in [-0.1, -0.05) is 13.3 Å². The molecular weight excluding hydrogens is 411 g/mol. The van der Waals surface area contributed by atoms with Crippen molar-refractivity contribution in [3.05, 3.63) is 75.5 Å². The number of hydrogen-bond donors (Lipinski definition) is 2. The van der Waals surface area contributed by atoms with Gasteiger partial charge in [-0.2, -0.15) is 0 Å². The van der Waals surface area contributed by atoms with E-state index in [4.69, 9.17) is 9.15 Å². The highest BCUT2D eigenvalue weighted by molar-refractivity contribution is 5.88. The van der Waals surface area contributed by atoms with Crippen molar-refractivity contribution in [3.8, 4) is 5.75 Å². The molecule has 0 aliphatic heterocycles. The molecule has 0 unspecified atom stereocenters. The van der Waals surface area contributed by atoms with Gasteiger partial charge in [-0.25, -0.2) is 9.18 Å². The zero-order valence-corrected chi connectivity index (χ0v) is 18.1. The van der Waals surface area contributed by atoms with Crippen molar-refractivity contribution in [1.29, 1.82) is 0 Å². The van der Waals surface area contributed by atoms with Crippen molar-refractivity contribution in [1.82, 2.24) is 10.3 Å². The van der Waals surface area contributed by atoms with Gasteiger partial charge < -0.3 is 19.5 Å². The van der Waals surface area contributed by atoms with Crippen LogP contribution in [0.5, 0.6) is 5.75 Å². The highest BCUT2D eigenvalue weighted by atomic mass is 19.1. The molecule has 166 valence electrons. The Hall–Kier alpha value is -3.61. The third-order valence-corrected chi connectivity index (χ3v) is 5.36. The first-order valence-electron chi connectivity index (χ1n) is 10.7. The lowest BCUT2D eigenvalue weighted by Gasteiger charge is -2.13. The molecule has 0 radical (unpaired) electrons. The number of aromatic nitrogens is 1. The van der Waals surface area contributed by atoms with Gasteiger partial charge in [-0.05, 0) is 66.8 Å². The van der Waals surface area contributed by atoms with Gasteiger partial charge in [-0.3, -0.25) is 4.79 Å². The molecule has 0 spiro atoms. The van der Waals surface area contributed by atoms with Crippen LogP contribution >= 0.6 is 0 Å². The van der Waals surface area contributed by atoms with E-state index in [0.717, 1.165) is 39.4 Å². The van der Waals surface area contributed by atoms with Crippen LogP contribution in [0.25, 0.3) is 21.9 Å². The fourth-order valence-corrected chi connectivity index (χ4v) is 3.94. The number of carbonyl (C=O) groups is 1. The van der Waals surface area contributed by atoms with E-state index in [-0.39, 0.29) is 18.3 Å². The molecule has 0 saturated heterocycles. The lowest BCUT2D eigenvalue weighted by Crippen LogP contribution is -2.30. The summed E-state index contributed by atoms with van der Waals surface area (Å²) in [5.41, 5.74) is 3.58. The average molecular weight is 436 g/mol. The summed E-state index contributed by atoms with van der Waals surface area (Å²) in [7, 11) is 0. The number of rotatable bonds is 8. The van der Waals surface area contributed by atoms with E-state index in [1.165, 1.54) is 18.2 Å². The summed E-state index contributed by atoms with van der Waals surface area (Å²) in [4.78, 5) is 27.4. The molecule has 2 N–H and O–H groups in total. The van der Waals surface area contributed by atoms with Gasteiger partial charge in [0, 0.05) is 29.7 Å². The molecule has 2 aromatic carbocycles. The molecule has 4 rings (SSSR count). The number of benzene rings is 2. The number of carbonyl (C=O) groups excluding carboxylic acids is 1. The topological polar surface area (TPSA) is 84.3 Å². The fourth-order valence-electron chi connectivity index (χ4n) is 3.94. The molecule has 0 bridgehead atoms. The Morgan fingerprint density at radius 3 is 2.81 bits per heavy atom. The van der Waals surface area contributed by atoms with E-state index in [9.17, 15) is 14.0 Å². The molecule has 0 aliphatic carbocycles. The Balaban J connectivity index is 1.42. The summed E-state index contributed by atoms with van der Waals surface area (Å²) < 4.78 is 24.7. The summed E-state index contributed by atoms with van der Waals surface area (Å²) in [5, 5.41) is 4.38. The predicted octanol–water partition coefficient (Wildman–Crippen LogP) is 4.41. The molecule has 2 aromatic heterocycles. The summed E-state index contributed by atoms with van der Waals surface area (Å²) in [6.07, 6.45) is 3.96. The van der Waals surface area contributed by atoms with Crippen LogP contribution in [0, 0.1) is 12.7 Å². The normalized spacial score (nSPS) is 11.2. The maximum atomic E-state index is 13.5. The van der Waals surface area contributed by atoms with E-state index in [0.29, 0.717) is 30.7 Å². The molecular formula is C25H25FN2O4. The highest BCUT2D eigenvalue weighted by Crippen LogP contribution is 2.30. The van der Waals surface area contributed by atoms with Gasteiger partial charge in [0.2, 0.25) is 0 Å². The molecule has 6 nitrogen and oxygen atoms in total. The number of nitrogens with one attached hydrogen (secondary N) is 2. The number of amides is 1. The van der Waals surface area contributed by atoms with Crippen LogP contribution in [0.3, 0.4) is 0 Å². The number of aromatic amines is 1. The van der Waals surface area contributed by atoms with E-state index < -0.39 is 5.63 Å².